The Morgan fingerprint density at radius 3 is 2.32 bits per heavy atom. The Morgan fingerprint density at radius 2 is 1.64 bits per heavy atom. The zero-order valence-electron chi connectivity index (χ0n) is 16.0. The predicted molar refractivity (Wildman–Crippen MR) is 111 cm³/mol. The summed E-state index contributed by atoms with van der Waals surface area (Å²) in [5, 5.41) is 22.5. The SMILES string of the molecule is Cc1ccc(-c2ccccc2C)cc1NC(=O)C1(c2ccc(O)c(O)c2)CC1. The summed E-state index contributed by atoms with van der Waals surface area (Å²) in [5.41, 5.74) is 5.26. The van der Waals surface area contributed by atoms with Crippen LogP contribution in [0.5, 0.6) is 11.5 Å². The molecule has 0 unspecified atom stereocenters. The van der Waals surface area contributed by atoms with Crippen LogP contribution in [0, 0.1) is 13.8 Å². The average Bonchev–Trinajstić information content (AvgIpc) is 3.48. The van der Waals surface area contributed by atoms with Gasteiger partial charge >= 0.3 is 0 Å². The van der Waals surface area contributed by atoms with E-state index in [2.05, 4.69) is 30.4 Å². The minimum absolute atomic E-state index is 0.0809. The molecule has 0 heterocycles. The maximum absolute atomic E-state index is 13.1. The maximum atomic E-state index is 13.1. The molecule has 1 fully saturated rings. The van der Waals surface area contributed by atoms with Crippen molar-refractivity contribution in [2.24, 2.45) is 0 Å². The zero-order valence-corrected chi connectivity index (χ0v) is 16.0. The van der Waals surface area contributed by atoms with Gasteiger partial charge in [0.05, 0.1) is 5.41 Å². The standard InChI is InChI=1S/C24H23NO3/c1-15-5-3-4-6-19(15)17-8-7-16(2)20(13-17)25-23(28)24(11-12-24)18-9-10-21(26)22(27)14-18/h3-10,13-14,26-27H,11-12H2,1-2H3,(H,25,28). The molecular weight excluding hydrogens is 350 g/mol. The number of benzene rings is 3. The summed E-state index contributed by atoms with van der Waals surface area (Å²) < 4.78 is 0. The van der Waals surface area contributed by atoms with Gasteiger partial charge in [0.1, 0.15) is 0 Å². The number of carbonyl (C=O) groups excluding carboxylic acids is 1. The number of rotatable bonds is 4. The highest BCUT2D eigenvalue weighted by Crippen LogP contribution is 2.50. The third kappa shape index (κ3) is 3.11. The second-order valence-corrected chi connectivity index (χ2v) is 7.58. The van der Waals surface area contributed by atoms with Crippen LogP contribution in [0.4, 0.5) is 5.69 Å². The summed E-state index contributed by atoms with van der Waals surface area (Å²) >= 11 is 0. The Labute approximate surface area is 164 Å². The summed E-state index contributed by atoms with van der Waals surface area (Å²) in [4.78, 5) is 13.1. The number of carbonyl (C=O) groups is 1. The Bertz CT molecular complexity index is 1070. The van der Waals surface area contributed by atoms with Gasteiger partial charge in [0.15, 0.2) is 11.5 Å². The first-order valence-electron chi connectivity index (χ1n) is 9.41. The second-order valence-electron chi connectivity index (χ2n) is 7.58. The number of nitrogens with one attached hydrogen (secondary N) is 1. The smallest absolute Gasteiger partial charge is 0.235 e. The van der Waals surface area contributed by atoms with Crippen LogP contribution in [-0.4, -0.2) is 16.1 Å². The molecule has 0 bridgehead atoms. The van der Waals surface area contributed by atoms with Gasteiger partial charge in [-0.15, -0.1) is 0 Å². The van der Waals surface area contributed by atoms with Gasteiger partial charge in [-0.2, -0.15) is 0 Å². The molecule has 0 saturated heterocycles. The van der Waals surface area contributed by atoms with Crippen molar-refractivity contribution in [3.63, 3.8) is 0 Å². The molecule has 4 rings (SSSR count). The predicted octanol–water partition coefficient (Wildman–Crippen LogP) is 5.05. The van der Waals surface area contributed by atoms with Gasteiger partial charge in [-0.3, -0.25) is 4.79 Å². The molecule has 0 atom stereocenters. The molecule has 4 heteroatoms. The fraction of sp³-hybridized carbons (Fsp3) is 0.208. The summed E-state index contributed by atoms with van der Waals surface area (Å²) in [6, 6.07) is 18.9. The van der Waals surface area contributed by atoms with Gasteiger partial charge in [-0.05, 0) is 72.7 Å². The van der Waals surface area contributed by atoms with E-state index in [-0.39, 0.29) is 17.4 Å². The average molecular weight is 373 g/mol. The largest absolute Gasteiger partial charge is 0.504 e. The number of aryl methyl sites for hydroxylation is 2. The van der Waals surface area contributed by atoms with Crippen LogP contribution in [0.3, 0.4) is 0 Å². The topological polar surface area (TPSA) is 69.6 Å². The van der Waals surface area contributed by atoms with Crippen LogP contribution < -0.4 is 5.32 Å². The molecule has 3 aromatic rings. The maximum Gasteiger partial charge on any atom is 0.235 e. The first kappa shape index (κ1) is 18.1. The highest BCUT2D eigenvalue weighted by atomic mass is 16.3. The number of amides is 1. The van der Waals surface area contributed by atoms with Gasteiger partial charge in [-0.1, -0.05) is 42.5 Å². The van der Waals surface area contributed by atoms with Crippen molar-refractivity contribution < 1.29 is 15.0 Å². The summed E-state index contributed by atoms with van der Waals surface area (Å²) in [6.45, 7) is 4.05. The fourth-order valence-corrected chi connectivity index (χ4v) is 3.66. The lowest BCUT2D eigenvalue weighted by atomic mass is 9.94. The molecule has 0 aromatic heterocycles. The summed E-state index contributed by atoms with van der Waals surface area (Å²) in [5.74, 6) is -0.460. The molecule has 1 aliphatic rings. The Morgan fingerprint density at radius 1 is 0.893 bits per heavy atom. The van der Waals surface area contributed by atoms with Gasteiger partial charge in [0.25, 0.3) is 0 Å². The van der Waals surface area contributed by atoms with Crippen molar-refractivity contribution in [1.82, 2.24) is 0 Å². The van der Waals surface area contributed by atoms with Crippen LogP contribution in [0.25, 0.3) is 11.1 Å². The van der Waals surface area contributed by atoms with E-state index in [1.165, 1.54) is 17.7 Å². The van der Waals surface area contributed by atoms with Gasteiger partial charge in [0, 0.05) is 5.69 Å². The molecule has 1 aliphatic carbocycles. The van der Waals surface area contributed by atoms with Gasteiger partial charge < -0.3 is 15.5 Å². The van der Waals surface area contributed by atoms with E-state index >= 15 is 0 Å². The van der Waals surface area contributed by atoms with Crippen molar-refractivity contribution in [2.45, 2.75) is 32.1 Å². The van der Waals surface area contributed by atoms with Crippen LogP contribution in [-0.2, 0) is 10.2 Å². The number of phenolic OH excluding ortho intramolecular Hbond substituents is 2. The van der Waals surface area contributed by atoms with E-state index < -0.39 is 5.41 Å². The third-order valence-corrected chi connectivity index (χ3v) is 5.65. The van der Waals surface area contributed by atoms with E-state index in [1.807, 2.05) is 31.2 Å². The Balaban J connectivity index is 1.64. The highest BCUT2D eigenvalue weighted by Gasteiger charge is 2.51. The van der Waals surface area contributed by atoms with E-state index in [0.29, 0.717) is 0 Å². The van der Waals surface area contributed by atoms with E-state index in [4.69, 9.17) is 0 Å². The molecule has 3 N–H and O–H groups in total. The number of hydrogen-bond acceptors (Lipinski definition) is 3. The lowest BCUT2D eigenvalue weighted by molar-refractivity contribution is -0.118. The van der Waals surface area contributed by atoms with Crippen LogP contribution in [0.2, 0.25) is 0 Å². The molecule has 0 aliphatic heterocycles. The lowest BCUT2D eigenvalue weighted by Crippen LogP contribution is -2.28. The first-order chi connectivity index (χ1) is 13.4. The lowest BCUT2D eigenvalue weighted by Gasteiger charge is -2.18. The molecule has 1 saturated carbocycles. The molecule has 142 valence electrons. The number of anilines is 1. The molecule has 4 nitrogen and oxygen atoms in total. The van der Waals surface area contributed by atoms with Crippen LogP contribution in [0.1, 0.15) is 29.5 Å². The minimum Gasteiger partial charge on any atom is -0.504 e. The second kappa shape index (κ2) is 6.71. The molecule has 0 radical (unpaired) electrons. The van der Waals surface area contributed by atoms with Crippen molar-refractivity contribution in [2.75, 3.05) is 5.32 Å². The quantitative estimate of drug-likeness (QED) is 0.560. The molecule has 1 amide bonds. The molecule has 0 spiro atoms. The van der Waals surface area contributed by atoms with Crippen molar-refractivity contribution in [1.29, 1.82) is 0 Å². The van der Waals surface area contributed by atoms with Crippen molar-refractivity contribution >= 4 is 11.6 Å². The number of hydrogen-bond donors (Lipinski definition) is 3. The normalized spacial score (nSPS) is 14.5. The van der Waals surface area contributed by atoms with E-state index in [9.17, 15) is 15.0 Å². The van der Waals surface area contributed by atoms with E-state index in [0.717, 1.165) is 40.8 Å². The summed E-state index contributed by atoms with van der Waals surface area (Å²) in [7, 11) is 0. The number of phenols is 2. The van der Waals surface area contributed by atoms with Gasteiger partial charge in [0.2, 0.25) is 5.91 Å². The molecular formula is C24H23NO3. The Kier molecular flexibility index (Phi) is 4.34. The van der Waals surface area contributed by atoms with Gasteiger partial charge in [-0.25, -0.2) is 0 Å². The van der Waals surface area contributed by atoms with Crippen molar-refractivity contribution in [3.8, 4) is 22.6 Å². The monoisotopic (exact) mass is 373 g/mol. The first-order valence-corrected chi connectivity index (χ1v) is 9.41. The summed E-state index contributed by atoms with van der Waals surface area (Å²) in [6.07, 6.45) is 1.44. The Hall–Kier alpha value is -3.27. The van der Waals surface area contributed by atoms with Crippen LogP contribution >= 0.6 is 0 Å². The zero-order chi connectivity index (χ0) is 19.9. The van der Waals surface area contributed by atoms with Crippen LogP contribution in [0.15, 0.2) is 60.7 Å². The minimum atomic E-state index is -0.643. The molecule has 3 aromatic carbocycles. The highest BCUT2D eigenvalue weighted by molar-refractivity contribution is 6.02. The third-order valence-electron chi connectivity index (χ3n) is 5.65. The van der Waals surface area contributed by atoms with Crippen molar-refractivity contribution in [3.05, 3.63) is 77.4 Å². The van der Waals surface area contributed by atoms with E-state index in [1.54, 1.807) is 6.07 Å². The fourth-order valence-electron chi connectivity index (χ4n) is 3.66. The number of aromatic hydroxyl groups is 2. The molecule has 28 heavy (non-hydrogen) atoms.